The van der Waals surface area contributed by atoms with E-state index in [0.29, 0.717) is 6.04 Å². The van der Waals surface area contributed by atoms with Crippen molar-refractivity contribution in [3.63, 3.8) is 0 Å². The molecule has 15 heavy (non-hydrogen) atoms. The summed E-state index contributed by atoms with van der Waals surface area (Å²) in [4.78, 5) is 4.76. The molecule has 1 aromatic heterocycles. The van der Waals surface area contributed by atoms with E-state index < -0.39 is 0 Å². The third kappa shape index (κ3) is 1.08. The molecule has 0 fully saturated rings. The van der Waals surface area contributed by atoms with Gasteiger partial charge in [0.15, 0.2) is 0 Å². The fourth-order valence-electron chi connectivity index (χ4n) is 2.89. The summed E-state index contributed by atoms with van der Waals surface area (Å²) in [6, 6.07) is 8.99. The molecule has 2 nitrogen and oxygen atoms in total. The standard InChI is InChI=1S/C13H16N2/c1-9-8-13(2,3)12-14-10-6-4-5-7-11(10)15(9)12/h4-7,9H,8H2,1-3H3. The van der Waals surface area contributed by atoms with E-state index in [1.54, 1.807) is 0 Å². The van der Waals surface area contributed by atoms with Crippen molar-refractivity contribution in [2.45, 2.75) is 38.6 Å². The zero-order valence-corrected chi connectivity index (χ0v) is 9.49. The van der Waals surface area contributed by atoms with Gasteiger partial charge in [0, 0.05) is 11.5 Å². The van der Waals surface area contributed by atoms with Gasteiger partial charge in [0.25, 0.3) is 0 Å². The lowest BCUT2D eigenvalue weighted by Gasteiger charge is -2.14. The summed E-state index contributed by atoms with van der Waals surface area (Å²) in [5.41, 5.74) is 2.64. The van der Waals surface area contributed by atoms with E-state index in [-0.39, 0.29) is 5.41 Å². The molecule has 2 heterocycles. The zero-order valence-electron chi connectivity index (χ0n) is 9.49. The number of hydrogen-bond acceptors (Lipinski definition) is 1. The molecule has 0 N–H and O–H groups in total. The first-order valence-corrected chi connectivity index (χ1v) is 5.57. The quantitative estimate of drug-likeness (QED) is 0.638. The number of para-hydroxylation sites is 2. The lowest BCUT2D eigenvalue weighted by atomic mass is 9.89. The Morgan fingerprint density at radius 1 is 1.33 bits per heavy atom. The molecule has 0 radical (unpaired) electrons. The molecule has 0 amide bonds. The molecule has 2 aromatic rings. The fraction of sp³-hybridized carbons (Fsp3) is 0.462. The first-order valence-electron chi connectivity index (χ1n) is 5.57. The molecule has 3 rings (SSSR count). The van der Waals surface area contributed by atoms with Crippen LogP contribution in [0.1, 0.15) is 39.1 Å². The molecule has 0 aliphatic carbocycles. The lowest BCUT2D eigenvalue weighted by Crippen LogP contribution is -2.13. The van der Waals surface area contributed by atoms with Crippen LogP contribution in [0.25, 0.3) is 11.0 Å². The molecular formula is C13H16N2. The Kier molecular flexibility index (Phi) is 1.57. The van der Waals surface area contributed by atoms with Crippen LogP contribution >= 0.6 is 0 Å². The monoisotopic (exact) mass is 200 g/mol. The molecule has 1 atom stereocenters. The van der Waals surface area contributed by atoms with Gasteiger partial charge in [-0.1, -0.05) is 26.0 Å². The van der Waals surface area contributed by atoms with Crippen LogP contribution in [0, 0.1) is 0 Å². The highest BCUT2D eigenvalue weighted by Crippen LogP contribution is 2.42. The summed E-state index contributed by atoms with van der Waals surface area (Å²) in [6.07, 6.45) is 1.19. The van der Waals surface area contributed by atoms with E-state index in [2.05, 4.69) is 49.6 Å². The summed E-state index contributed by atoms with van der Waals surface area (Å²) in [7, 11) is 0. The number of rotatable bonds is 0. The van der Waals surface area contributed by atoms with Crippen LogP contribution in [0.2, 0.25) is 0 Å². The van der Waals surface area contributed by atoms with Gasteiger partial charge < -0.3 is 4.57 Å². The van der Waals surface area contributed by atoms with E-state index >= 15 is 0 Å². The van der Waals surface area contributed by atoms with Gasteiger partial charge in [0.2, 0.25) is 0 Å². The summed E-state index contributed by atoms with van der Waals surface area (Å²) < 4.78 is 2.40. The number of imidazole rings is 1. The largest absolute Gasteiger partial charge is 0.325 e. The van der Waals surface area contributed by atoms with Crippen LogP contribution in [0.4, 0.5) is 0 Å². The smallest absolute Gasteiger partial charge is 0.115 e. The third-order valence-corrected chi connectivity index (χ3v) is 3.45. The number of hydrogen-bond donors (Lipinski definition) is 0. The first kappa shape index (κ1) is 8.96. The maximum absolute atomic E-state index is 4.76. The number of fused-ring (bicyclic) bond motifs is 3. The van der Waals surface area contributed by atoms with Crippen molar-refractivity contribution in [1.29, 1.82) is 0 Å². The lowest BCUT2D eigenvalue weighted by molar-refractivity contribution is 0.468. The van der Waals surface area contributed by atoms with Gasteiger partial charge in [-0.2, -0.15) is 0 Å². The Balaban J connectivity index is 2.39. The van der Waals surface area contributed by atoms with Crippen molar-refractivity contribution in [1.82, 2.24) is 9.55 Å². The summed E-state index contributed by atoms with van der Waals surface area (Å²) in [5, 5.41) is 0. The molecule has 0 saturated carbocycles. The molecule has 78 valence electrons. The van der Waals surface area contributed by atoms with Crippen molar-refractivity contribution in [3.05, 3.63) is 30.1 Å². The predicted octanol–water partition coefficient (Wildman–Crippen LogP) is 3.28. The van der Waals surface area contributed by atoms with E-state index in [9.17, 15) is 0 Å². The second kappa shape index (κ2) is 2.63. The van der Waals surface area contributed by atoms with Gasteiger partial charge in [-0.3, -0.25) is 0 Å². The zero-order chi connectivity index (χ0) is 10.6. The molecule has 1 aliphatic heterocycles. The predicted molar refractivity (Wildman–Crippen MR) is 62.1 cm³/mol. The van der Waals surface area contributed by atoms with Crippen LogP contribution in [-0.4, -0.2) is 9.55 Å². The van der Waals surface area contributed by atoms with Crippen LogP contribution in [0.5, 0.6) is 0 Å². The molecule has 2 heteroatoms. The van der Waals surface area contributed by atoms with Gasteiger partial charge in [-0.05, 0) is 25.5 Å². The topological polar surface area (TPSA) is 17.8 Å². The van der Waals surface area contributed by atoms with E-state index in [0.717, 1.165) is 5.52 Å². The molecule has 0 bridgehead atoms. The van der Waals surface area contributed by atoms with Gasteiger partial charge in [0.1, 0.15) is 5.82 Å². The number of nitrogens with zero attached hydrogens (tertiary/aromatic N) is 2. The Bertz CT molecular complexity index is 522. The molecule has 1 unspecified atom stereocenters. The van der Waals surface area contributed by atoms with Crippen LogP contribution in [-0.2, 0) is 5.41 Å². The molecule has 1 aliphatic rings. The molecule has 0 spiro atoms. The van der Waals surface area contributed by atoms with Crippen LogP contribution in [0.3, 0.4) is 0 Å². The van der Waals surface area contributed by atoms with Gasteiger partial charge >= 0.3 is 0 Å². The SMILES string of the molecule is CC1CC(C)(C)c2nc3ccccc3n21. The Hall–Kier alpha value is -1.31. The molecule has 1 aromatic carbocycles. The van der Waals surface area contributed by atoms with E-state index in [1.165, 1.54) is 17.8 Å². The minimum atomic E-state index is 0.221. The van der Waals surface area contributed by atoms with Crippen molar-refractivity contribution >= 4 is 11.0 Å². The minimum absolute atomic E-state index is 0.221. The van der Waals surface area contributed by atoms with Crippen LogP contribution < -0.4 is 0 Å². The Morgan fingerprint density at radius 3 is 2.87 bits per heavy atom. The van der Waals surface area contributed by atoms with E-state index in [1.807, 2.05) is 0 Å². The van der Waals surface area contributed by atoms with Crippen molar-refractivity contribution in [2.24, 2.45) is 0 Å². The van der Waals surface area contributed by atoms with Gasteiger partial charge in [0.05, 0.1) is 11.0 Å². The van der Waals surface area contributed by atoms with Gasteiger partial charge in [-0.15, -0.1) is 0 Å². The Labute approximate surface area is 89.9 Å². The van der Waals surface area contributed by atoms with Crippen LogP contribution in [0.15, 0.2) is 24.3 Å². The summed E-state index contributed by atoms with van der Waals surface area (Å²) in [6.45, 7) is 6.86. The highest BCUT2D eigenvalue weighted by Gasteiger charge is 2.37. The Morgan fingerprint density at radius 2 is 2.07 bits per heavy atom. The highest BCUT2D eigenvalue weighted by molar-refractivity contribution is 5.76. The van der Waals surface area contributed by atoms with Crippen molar-refractivity contribution in [3.8, 4) is 0 Å². The summed E-state index contributed by atoms with van der Waals surface area (Å²) in [5.74, 6) is 1.25. The number of aromatic nitrogens is 2. The average Bonchev–Trinajstić information content (AvgIpc) is 2.64. The highest BCUT2D eigenvalue weighted by atomic mass is 15.1. The fourth-order valence-corrected chi connectivity index (χ4v) is 2.89. The second-order valence-electron chi connectivity index (χ2n) is 5.23. The van der Waals surface area contributed by atoms with Crippen molar-refractivity contribution in [2.75, 3.05) is 0 Å². The second-order valence-corrected chi connectivity index (χ2v) is 5.23. The van der Waals surface area contributed by atoms with E-state index in [4.69, 9.17) is 4.98 Å². The maximum atomic E-state index is 4.76. The van der Waals surface area contributed by atoms with Gasteiger partial charge in [-0.25, -0.2) is 4.98 Å². The summed E-state index contributed by atoms with van der Waals surface area (Å²) >= 11 is 0. The van der Waals surface area contributed by atoms with Crippen molar-refractivity contribution < 1.29 is 0 Å². The maximum Gasteiger partial charge on any atom is 0.115 e. The number of benzene rings is 1. The average molecular weight is 200 g/mol. The third-order valence-electron chi connectivity index (χ3n) is 3.45. The normalized spacial score (nSPS) is 23.3. The first-order chi connectivity index (χ1) is 7.09. The minimum Gasteiger partial charge on any atom is -0.325 e. The molecular weight excluding hydrogens is 184 g/mol. The molecule has 0 saturated heterocycles.